The first-order valence-electron chi connectivity index (χ1n) is 6.50. The highest BCUT2D eigenvalue weighted by Crippen LogP contribution is 2.41. The number of phenolic OH excluding ortho intramolecular Hbond substituents is 2. The van der Waals surface area contributed by atoms with E-state index >= 15 is 0 Å². The van der Waals surface area contributed by atoms with E-state index in [1.807, 2.05) is 24.3 Å². The van der Waals surface area contributed by atoms with E-state index in [0.29, 0.717) is 17.0 Å². The molecule has 5 nitrogen and oxygen atoms in total. The van der Waals surface area contributed by atoms with Gasteiger partial charge in [-0.2, -0.15) is 5.10 Å². The zero-order valence-electron chi connectivity index (χ0n) is 11.7. The van der Waals surface area contributed by atoms with Gasteiger partial charge in [0.05, 0.1) is 24.0 Å². The van der Waals surface area contributed by atoms with Crippen LogP contribution in [-0.2, 0) is 0 Å². The van der Waals surface area contributed by atoms with Gasteiger partial charge >= 0.3 is 0 Å². The summed E-state index contributed by atoms with van der Waals surface area (Å²) in [6.07, 6.45) is 1.65. The van der Waals surface area contributed by atoms with Crippen LogP contribution < -0.4 is 4.74 Å². The number of ether oxygens (including phenoxy) is 1. The van der Waals surface area contributed by atoms with E-state index in [-0.39, 0.29) is 16.5 Å². The molecule has 2 aromatic carbocycles. The SMILES string of the molecule is COc1ccccc1-c1cn[nH]c1-c1cc(Cl)c(O)cc1O. The Morgan fingerprint density at radius 3 is 2.59 bits per heavy atom. The van der Waals surface area contributed by atoms with E-state index < -0.39 is 0 Å². The summed E-state index contributed by atoms with van der Waals surface area (Å²) in [7, 11) is 1.59. The number of aromatic hydroxyl groups is 2. The molecule has 0 saturated carbocycles. The van der Waals surface area contributed by atoms with Crippen LogP contribution in [0.2, 0.25) is 5.02 Å². The highest BCUT2D eigenvalue weighted by atomic mass is 35.5. The number of benzene rings is 2. The van der Waals surface area contributed by atoms with E-state index in [1.165, 1.54) is 12.1 Å². The molecule has 3 N–H and O–H groups in total. The number of para-hydroxylation sites is 1. The molecular formula is C16H13ClN2O3. The minimum Gasteiger partial charge on any atom is -0.507 e. The molecule has 0 atom stereocenters. The van der Waals surface area contributed by atoms with Crippen molar-refractivity contribution in [2.45, 2.75) is 0 Å². The van der Waals surface area contributed by atoms with Gasteiger partial charge in [0, 0.05) is 22.8 Å². The summed E-state index contributed by atoms with van der Waals surface area (Å²) in [5.74, 6) is 0.415. The number of hydrogen-bond donors (Lipinski definition) is 3. The van der Waals surface area contributed by atoms with Crippen LogP contribution in [0, 0.1) is 0 Å². The third-order valence-corrected chi connectivity index (χ3v) is 3.67. The largest absolute Gasteiger partial charge is 0.507 e. The van der Waals surface area contributed by atoms with Crippen molar-refractivity contribution in [2.24, 2.45) is 0 Å². The molecule has 0 fully saturated rings. The van der Waals surface area contributed by atoms with Crippen molar-refractivity contribution in [1.29, 1.82) is 0 Å². The number of aromatic amines is 1. The predicted octanol–water partition coefficient (Wildman–Crippen LogP) is 3.82. The lowest BCUT2D eigenvalue weighted by Crippen LogP contribution is -1.89. The second-order valence-corrected chi connectivity index (χ2v) is 5.09. The molecule has 0 spiro atoms. The van der Waals surface area contributed by atoms with E-state index in [1.54, 1.807) is 13.3 Å². The Balaban J connectivity index is 2.20. The zero-order chi connectivity index (χ0) is 15.7. The summed E-state index contributed by atoms with van der Waals surface area (Å²) >= 11 is 5.94. The summed E-state index contributed by atoms with van der Waals surface area (Å²) in [6, 6.07) is 10.2. The molecule has 6 heteroatoms. The fraction of sp³-hybridized carbons (Fsp3) is 0.0625. The summed E-state index contributed by atoms with van der Waals surface area (Å²) in [5, 5.41) is 26.7. The molecule has 0 aliphatic carbocycles. The minimum absolute atomic E-state index is 0.0951. The van der Waals surface area contributed by atoms with Crippen molar-refractivity contribution >= 4 is 11.6 Å². The highest BCUT2D eigenvalue weighted by molar-refractivity contribution is 6.32. The number of aromatic nitrogens is 2. The Morgan fingerprint density at radius 1 is 1.05 bits per heavy atom. The number of phenols is 2. The van der Waals surface area contributed by atoms with E-state index in [4.69, 9.17) is 16.3 Å². The molecule has 1 aromatic heterocycles. The highest BCUT2D eigenvalue weighted by Gasteiger charge is 2.17. The first-order chi connectivity index (χ1) is 10.6. The van der Waals surface area contributed by atoms with Crippen LogP contribution in [0.3, 0.4) is 0 Å². The molecule has 0 unspecified atom stereocenters. The molecule has 22 heavy (non-hydrogen) atoms. The number of halogens is 1. The van der Waals surface area contributed by atoms with Gasteiger partial charge in [-0.15, -0.1) is 0 Å². The van der Waals surface area contributed by atoms with Crippen LogP contribution in [0.4, 0.5) is 0 Å². The number of nitrogens with one attached hydrogen (secondary N) is 1. The Hall–Kier alpha value is -2.66. The van der Waals surface area contributed by atoms with Gasteiger partial charge < -0.3 is 14.9 Å². The fourth-order valence-electron chi connectivity index (χ4n) is 2.31. The third kappa shape index (κ3) is 2.35. The van der Waals surface area contributed by atoms with Crippen molar-refractivity contribution in [3.05, 3.63) is 47.6 Å². The monoisotopic (exact) mass is 316 g/mol. The molecule has 0 radical (unpaired) electrons. The standard InChI is InChI=1S/C16H13ClN2O3/c1-22-15-5-3-2-4-9(15)11-8-18-19-16(11)10-6-12(17)14(21)7-13(10)20/h2-8,20-21H,1H3,(H,18,19). The first kappa shape index (κ1) is 14.3. The van der Waals surface area contributed by atoms with Crippen molar-refractivity contribution < 1.29 is 14.9 Å². The molecule has 3 aromatic rings. The molecule has 0 saturated heterocycles. The lowest BCUT2D eigenvalue weighted by Gasteiger charge is -2.10. The van der Waals surface area contributed by atoms with Crippen molar-refractivity contribution in [3.8, 4) is 39.6 Å². The maximum atomic E-state index is 10.1. The molecule has 1 heterocycles. The van der Waals surface area contributed by atoms with Crippen molar-refractivity contribution in [3.63, 3.8) is 0 Å². The number of rotatable bonds is 3. The third-order valence-electron chi connectivity index (χ3n) is 3.37. The molecule has 3 rings (SSSR count). The summed E-state index contributed by atoms with van der Waals surface area (Å²) in [6.45, 7) is 0. The average molecular weight is 317 g/mol. The quantitative estimate of drug-likeness (QED) is 0.686. The number of nitrogens with zero attached hydrogens (tertiary/aromatic N) is 1. The summed E-state index contributed by atoms with van der Waals surface area (Å²) in [5.41, 5.74) is 2.62. The lowest BCUT2D eigenvalue weighted by atomic mass is 10.0. The van der Waals surface area contributed by atoms with Gasteiger partial charge in [0.25, 0.3) is 0 Å². The number of methoxy groups -OCH3 is 1. The van der Waals surface area contributed by atoms with Gasteiger partial charge in [-0.1, -0.05) is 29.8 Å². The molecule has 0 bridgehead atoms. The summed E-state index contributed by atoms with van der Waals surface area (Å²) in [4.78, 5) is 0. The van der Waals surface area contributed by atoms with Gasteiger partial charge in [-0.25, -0.2) is 0 Å². The van der Waals surface area contributed by atoms with E-state index in [2.05, 4.69) is 10.2 Å². The van der Waals surface area contributed by atoms with Gasteiger partial charge in [-0.05, 0) is 12.1 Å². The van der Waals surface area contributed by atoms with Crippen LogP contribution in [-0.4, -0.2) is 27.5 Å². The van der Waals surface area contributed by atoms with E-state index in [9.17, 15) is 10.2 Å². The van der Waals surface area contributed by atoms with Crippen LogP contribution in [0.25, 0.3) is 22.4 Å². The van der Waals surface area contributed by atoms with Gasteiger partial charge in [0.15, 0.2) is 0 Å². The Kier molecular flexibility index (Phi) is 3.65. The van der Waals surface area contributed by atoms with E-state index in [0.717, 1.165) is 11.1 Å². The van der Waals surface area contributed by atoms with Gasteiger partial charge in [0.1, 0.15) is 17.2 Å². The predicted molar refractivity (Wildman–Crippen MR) is 84.4 cm³/mol. The van der Waals surface area contributed by atoms with Crippen LogP contribution in [0.1, 0.15) is 0 Å². The Bertz CT molecular complexity index is 830. The van der Waals surface area contributed by atoms with Crippen LogP contribution in [0.5, 0.6) is 17.2 Å². The Morgan fingerprint density at radius 2 is 1.82 bits per heavy atom. The average Bonchev–Trinajstić information content (AvgIpc) is 3.00. The van der Waals surface area contributed by atoms with Gasteiger partial charge in [0.2, 0.25) is 0 Å². The topological polar surface area (TPSA) is 78.4 Å². The van der Waals surface area contributed by atoms with Gasteiger partial charge in [-0.3, -0.25) is 5.10 Å². The maximum Gasteiger partial charge on any atom is 0.137 e. The van der Waals surface area contributed by atoms with Crippen molar-refractivity contribution in [2.75, 3.05) is 7.11 Å². The van der Waals surface area contributed by atoms with Crippen molar-refractivity contribution in [1.82, 2.24) is 10.2 Å². The number of hydrogen-bond acceptors (Lipinski definition) is 4. The second kappa shape index (κ2) is 5.61. The Labute approximate surface area is 131 Å². The zero-order valence-corrected chi connectivity index (χ0v) is 12.4. The molecule has 112 valence electrons. The number of H-pyrrole nitrogens is 1. The summed E-state index contributed by atoms with van der Waals surface area (Å²) < 4.78 is 5.36. The maximum absolute atomic E-state index is 10.1. The smallest absolute Gasteiger partial charge is 0.137 e. The minimum atomic E-state index is -0.179. The first-order valence-corrected chi connectivity index (χ1v) is 6.88. The van der Waals surface area contributed by atoms with Crippen LogP contribution in [0.15, 0.2) is 42.6 Å². The molecule has 0 aliphatic rings. The lowest BCUT2D eigenvalue weighted by molar-refractivity contribution is 0.416. The fourth-order valence-corrected chi connectivity index (χ4v) is 2.48. The molecular weight excluding hydrogens is 304 g/mol. The van der Waals surface area contributed by atoms with Crippen LogP contribution >= 0.6 is 11.6 Å². The molecule has 0 amide bonds. The normalized spacial score (nSPS) is 10.6. The molecule has 0 aliphatic heterocycles. The second-order valence-electron chi connectivity index (χ2n) is 4.68.